The molecule has 6 nitrogen and oxygen atoms in total. The van der Waals surface area contributed by atoms with Gasteiger partial charge in [0.05, 0.1) is 24.4 Å². The molecule has 1 aliphatic rings. The summed E-state index contributed by atoms with van der Waals surface area (Å²) >= 11 is 1.42. The van der Waals surface area contributed by atoms with Gasteiger partial charge in [0.1, 0.15) is 11.5 Å². The van der Waals surface area contributed by atoms with Gasteiger partial charge >= 0.3 is 0 Å². The first-order valence-corrected chi connectivity index (χ1v) is 9.27. The Labute approximate surface area is 163 Å². The number of aliphatic hydroxyl groups excluding tert-OH is 1. The summed E-state index contributed by atoms with van der Waals surface area (Å²) in [7, 11) is 0. The number of benzene rings is 1. The van der Waals surface area contributed by atoms with Crippen molar-refractivity contribution in [1.29, 1.82) is 0 Å². The van der Waals surface area contributed by atoms with Gasteiger partial charge in [-0.25, -0.2) is 9.37 Å². The van der Waals surface area contributed by atoms with Crippen LogP contribution in [0.1, 0.15) is 22.2 Å². The first kappa shape index (κ1) is 18.0. The summed E-state index contributed by atoms with van der Waals surface area (Å²) in [5.41, 5.74) is -0.0335. The lowest BCUT2D eigenvalue weighted by Gasteiger charge is -2.25. The third-order valence-electron chi connectivity index (χ3n) is 4.45. The second-order valence-electron chi connectivity index (χ2n) is 6.12. The van der Waals surface area contributed by atoms with Crippen LogP contribution in [-0.2, 0) is 16.1 Å². The van der Waals surface area contributed by atoms with Gasteiger partial charge < -0.3 is 10.0 Å². The van der Waals surface area contributed by atoms with Crippen molar-refractivity contribution in [3.63, 3.8) is 0 Å². The molecule has 0 spiro atoms. The highest BCUT2D eigenvalue weighted by atomic mass is 32.1. The van der Waals surface area contributed by atoms with Gasteiger partial charge in [-0.2, -0.15) is 0 Å². The van der Waals surface area contributed by atoms with Crippen molar-refractivity contribution in [2.45, 2.75) is 12.6 Å². The molecule has 1 unspecified atom stereocenters. The molecule has 8 heteroatoms. The van der Waals surface area contributed by atoms with Crippen LogP contribution in [0.5, 0.6) is 0 Å². The van der Waals surface area contributed by atoms with Crippen LogP contribution < -0.4 is 0 Å². The Morgan fingerprint density at radius 3 is 2.68 bits per heavy atom. The molecule has 2 aromatic heterocycles. The summed E-state index contributed by atoms with van der Waals surface area (Å²) in [5, 5.41) is 12.6. The maximum atomic E-state index is 14.6. The third kappa shape index (κ3) is 3.07. The van der Waals surface area contributed by atoms with Crippen LogP contribution in [-0.4, -0.2) is 31.7 Å². The average Bonchev–Trinajstić information content (AvgIpc) is 3.31. The van der Waals surface area contributed by atoms with Crippen molar-refractivity contribution in [2.75, 3.05) is 0 Å². The number of Topliss-reactive ketones (excluding diaryl/α,β-unsaturated/α-hetero) is 1. The number of nitrogens with zero attached hydrogens (tertiary/aromatic N) is 3. The van der Waals surface area contributed by atoms with Crippen LogP contribution >= 0.6 is 11.3 Å². The van der Waals surface area contributed by atoms with Gasteiger partial charge in [0.25, 0.3) is 11.7 Å². The number of hydrogen-bond acceptors (Lipinski definition) is 6. The van der Waals surface area contributed by atoms with Gasteiger partial charge in [0.15, 0.2) is 5.76 Å². The molecule has 28 heavy (non-hydrogen) atoms. The number of carbonyl (C=O) groups excluding carboxylic acids is 2. The molecule has 1 atom stereocenters. The van der Waals surface area contributed by atoms with Crippen molar-refractivity contribution in [3.05, 3.63) is 87.9 Å². The van der Waals surface area contributed by atoms with Gasteiger partial charge in [-0.3, -0.25) is 14.6 Å². The number of likely N-dealkylation sites (tertiary alicyclic amines) is 1. The van der Waals surface area contributed by atoms with E-state index in [9.17, 15) is 19.1 Å². The minimum absolute atomic E-state index is 0.0398. The van der Waals surface area contributed by atoms with Crippen molar-refractivity contribution in [2.24, 2.45) is 0 Å². The molecule has 1 aromatic carbocycles. The zero-order valence-corrected chi connectivity index (χ0v) is 15.3. The topological polar surface area (TPSA) is 83.4 Å². The summed E-state index contributed by atoms with van der Waals surface area (Å²) in [5.74, 6) is -2.73. The van der Waals surface area contributed by atoms with E-state index in [1.54, 1.807) is 6.07 Å². The van der Waals surface area contributed by atoms with Crippen LogP contribution in [0, 0.1) is 5.82 Å². The van der Waals surface area contributed by atoms with E-state index in [2.05, 4.69) is 9.97 Å². The van der Waals surface area contributed by atoms with E-state index in [1.807, 2.05) is 17.5 Å². The lowest BCUT2D eigenvalue weighted by Crippen LogP contribution is -2.29. The van der Waals surface area contributed by atoms with E-state index in [4.69, 9.17) is 0 Å². The van der Waals surface area contributed by atoms with Crippen molar-refractivity contribution in [3.8, 4) is 0 Å². The van der Waals surface area contributed by atoms with Crippen LogP contribution in [0.4, 0.5) is 4.39 Å². The Morgan fingerprint density at radius 1 is 1.18 bits per heavy atom. The van der Waals surface area contributed by atoms with E-state index in [-0.39, 0.29) is 23.4 Å². The number of halogens is 1. The molecule has 1 aliphatic heterocycles. The number of carbonyl (C=O) groups is 2. The van der Waals surface area contributed by atoms with E-state index in [1.165, 1.54) is 53.0 Å². The third-order valence-corrected chi connectivity index (χ3v) is 5.31. The predicted octanol–water partition coefficient (Wildman–Crippen LogP) is 3.30. The average molecular weight is 395 g/mol. The first-order chi connectivity index (χ1) is 13.6. The van der Waals surface area contributed by atoms with Crippen molar-refractivity contribution < 1.29 is 19.1 Å². The quantitative estimate of drug-likeness (QED) is 0.416. The Balaban J connectivity index is 1.90. The predicted molar refractivity (Wildman–Crippen MR) is 101 cm³/mol. The molecule has 4 rings (SSSR count). The molecule has 0 bridgehead atoms. The number of amides is 1. The number of ketones is 1. The minimum atomic E-state index is -1.06. The zero-order valence-electron chi connectivity index (χ0n) is 14.4. The minimum Gasteiger partial charge on any atom is -0.505 e. The number of aromatic nitrogens is 2. The van der Waals surface area contributed by atoms with Gasteiger partial charge in [0, 0.05) is 22.8 Å². The molecule has 3 aromatic rings. The molecule has 1 saturated heterocycles. The second kappa shape index (κ2) is 7.32. The molecular weight excluding hydrogens is 381 g/mol. The number of thiophene rings is 1. The summed E-state index contributed by atoms with van der Waals surface area (Å²) in [4.78, 5) is 35.5. The van der Waals surface area contributed by atoms with Gasteiger partial charge in [-0.1, -0.05) is 24.3 Å². The van der Waals surface area contributed by atoms with E-state index in [0.717, 1.165) is 4.88 Å². The van der Waals surface area contributed by atoms with Crippen LogP contribution in [0.2, 0.25) is 0 Å². The highest BCUT2D eigenvalue weighted by Gasteiger charge is 2.47. The van der Waals surface area contributed by atoms with Gasteiger partial charge in [-0.05, 0) is 17.5 Å². The van der Waals surface area contributed by atoms with E-state index >= 15 is 0 Å². The fraction of sp³-hybridized carbons (Fsp3) is 0.100. The van der Waals surface area contributed by atoms with E-state index in [0.29, 0.717) is 0 Å². The fourth-order valence-corrected chi connectivity index (χ4v) is 3.90. The van der Waals surface area contributed by atoms with Gasteiger partial charge in [-0.15, -0.1) is 11.3 Å². The van der Waals surface area contributed by atoms with Crippen LogP contribution in [0.3, 0.4) is 0 Å². The lowest BCUT2D eigenvalue weighted by molar-refractivity contribution is -0.140. The SMILES string of the molecule is O=C1C(=O)N(Cc2cccs2)C(c2ccccc2F)/C1=C(\O)c1cnccn1. The Morgan fingerprint density at radius 2 is 2.00 bits per heavy atom. The molecule has 3 heterocycles. The molecule has 1 fully saturated rings. The summed E-state index contributed by atoms with van der Waals surface area (Å²) < 4.78 is 14.6. The smallest absolute Gasteiger partial charge is 0.295 e. The number of rotatable bonds is 4. The first-order valence-electron chi connectivity index (χ1n) is 8.39. The Hall–Kier alpha value is -3.39. The summed E-state index contributed by atoms with van der Waals surface area (Å²) in [6.07, 6.45) is 4.05. The normalized spacial score (nSPS) is 18.6. The highest BCUT2D eigenvalue weighted by Crippen LogP contribution is 2.41. The number of aliphatic hydroxyl groups is 1. The van der Waals surface area contributed by atoms with Crippen molar-refractivity contribution >= 4 is 28.8 Å². The molecule has 0 radical (unpaired) electrons. The lowest BCUT2D eigenvalue weighted by atomic mass is 9.96. The largest absolute Gasteiger partial charge is 0.505 e. The molecule has 1 N–H and O–H groups in total. The molecular formula is C20H14FN3O3S. The van der Waals surface area contributed by atoms with E-state index < -0.39 is 29.3 Å². The number of hydrogen-bond donors (Lipinski definition) is 1. The zero-order chi connectivity index (χ0) is 19.7. The maximum absolute atomic E-state index is 14.6. The summed E-state index contributed by atoms with van der Waals surface area (Å²) in [6.45, 7) is 0.124. The molecule has 1 amide bonds. The van der Waals surface area contributed by atoms with Gasteiger partial charge in [0.2, 0.25) is 0 Å². The second-order valence-corrected chi connectivity index (χ2v) is 7.15. The Bertz CT molecular complexity index is 1070. The fourth-order valence-electron chi connectivity index (χ4n) is 3.19. The molecule has 140 valence electrons. The van der Waals surface area contributed by atoms with Crippen LogP contribution in [0.25, 0.3) is 5.76 Å². The van der Waals surface area contributed by atoms with Crippen molar-refractivity contribution in [1.82, 2.24) is 14.9 Å². The standard InChI is InChI=1S/C20H14FN3O3S/c21-14-6-2-1-5-13(14)17-16(18(25)15-10-22-7-8-23-15)19(26)20(27)24(17)11-12-4-3-9-28-12/h1-10,17,25H,11H2/b18-16+. The monoisotopic (exact) mass is 395 g/mol. The maximum Gasteiger partial charge on any atom is 0.295 e. The molecule has 0 aliphatic carbocycles. The molecule has 0 saturated carbocycles. The van der Waals surface area contributed by atoms with Crippen LogP contribution in [0.15, 0.2) is 65.9 Å². The Kier molecular flexibility index (Phi) is 4.70. The highest BCUT2D eigenvalue weighted by molar-refractivity contribution is 7.09. The summed E-state index contributed by atoms with van der Waals surface area (Å²) in [6, 6.07) is 8.48.